The summed E-state index contributed by atoms with van der Waals surface area (Å²) in [5.74, 6) is 1.73. The third kappa shape index (κ3) is 3.62. The molecular formula is C18H37N3. The van der Waals surface area contributed by atoms with E-state index in [-0.39, 0.29) is 5.54 Å². The highest BCUT2D eigenvalue weighted by atomic mass is 15.3. The molecule has 4 unspecified atom stereocenters. The summed E-state index contributed by atoms with van der Waals surface area (Å²) in [5.41, 5.74) is 6.60. The van der Waals surface area contributed by atoms with Gasteiger partial charge >= 0.3 is 0 Å². The highest BCUT2D eigenvalue weighted by molar-refractivity contribution is 4.99. The van der Waals surface area contributed by atoms with E-state index >= 15 is 0 Å². The molecule has 0 aromatic heterocycles. The number of piperazine rings is 1. The Labute approximate surface area is 132 Å². The van der Waals surface area contributed by atoms with Gasteiger partial charge in [-0.05, 0) is 52.0 Å². The van der Waals surface area contributed by atoms with Crippen molar-refractivity contribution in [3.8, 4) is 0 Å². The summed E-state index contributed by atoms with van der Waals surface area (Å²) in [6, 6.07) is 1.28. The average molecular weight is 296 g/mol. The zero-order valence-corrected chi connectivity index (χ0v) is 14.9. The van der Waals surface area contributed by atoms with Gasteiger partial charge in [-0.25, -0.2) is 0 Å². The van der Waals surface area contributed by atoms with Crippen LogP contribution in [0.4, 0.5) is 0 Å². The van der Waals surface area contributed by atoms with Crippen LogP contribution >= 0.6 is 0 Å². The second kappa shape index (κ2) is 6.97. The number of nitrogens with zero attached hydrogens (tertiary/aromatic N) is 2. The lowest BCUT2D eigenvalue weighted by Gasteiger charge is -2.51. The van der Waals surface area contributed by atoms with Crippen molar-refractivity contribution in [2.45, 2.75) is 77.4 Å². The number of likely N-dealkylation sites (N-methyl/N-ethyl adjacent to an activating group) is 1. The van der Waals surface area contributed by atoms with Crippen LogP contribution in [0, 0.1) is 11.8 Å². The van der Waals surface area contributed by atoms with Crippen molar-refractivity contribution < 1.29 is 0 Å². The van der Waals surface area contributed by atoms with Gasteiger partial charge in [0.25, 0.3) is 0 Å². The standard InChI is InChI=1S/C18H37N3/c1-14(2)17-7-6-9-18(13-19,10-8-17)21-11-15(3)20(5)16(4)12-21/h14-17H,6-13,19H2,1-5H3. The van der Waals surface area contributed by atoms with Gasteiger partial charge in [0.15, 0.2) is 0 Å². The van der Waals surface area contributed by atoms with Crippen molar-refractivity contribution in [2.75, 3.05) is 26.7 Å². The van der Waals surface area contributed by atoms with E-state index in [1.54, 1.807) is 0 Å². The number of hydrogen-bond acceptors (Lipinski definition) is 3. The van der Waals surface area contributed by atoms with E-state index in [1.165, 1.54) is 45.2 Å². The van der Waals surface area contributed by atoms with E-state index in [1.807, 2.05) is 0 Å². The molecule has 1 aliphatic carbocycles. The first-order valence-electron chi connectivity index (χ1n) is 9.06. The first kappa shape index (κ1) is 17.2. The lowest BCUT2D eigenvalue weighted by Crippen LogP contribution is -2.64. The number of nitrogens with two attached hydrogens (primary N) is 1. The normalized spacial score (nSPS) is 40.4. The van der Waals surface area contributed by atoms with Crippen molar-refractivity contribution in [3.05, 3.63) is 0 Å². The van der Waals surface area contributed by atoms with Gasteiger partial charge in [0.1, 0.15) is 0 Å². The van der Waals surface area contributed by atoms with Crippen LogP contribution in [0.2, 0.25) is 0 Å². The zero-order valence-electron chi connectivity index (χ0n) is 14.9. The second-order valence-corrected chi connectivity index (χ2v) is 8.13. The fraction of sp³-hybridized carbons (Fsp3) is 1.00. The van der Waals surface area contributed by atoms with Crippen molar-refractivity contribution in [3.63, 3.8) is 0 Å². The molecule has 3 nitrogen and oxygen atoms in total. The van der Waals surface area contributed by atoms with Crippen LogP contribution in [0.1, 0.15) is 59.8 Å². The Morgan fingerprint density at radius 2 is 1.71 bits per heavy atom. The van der Waals surface area contributed by atoms with Crippen LogP contribution in [-0.2, 0) is 0 Å². The summed E-state index contributed by atoms with van der Waals surface area (Å²) in [6.07, 6.45) is 6.72. The Balaban J connectivity index is 2.10. The van der Waals surface area contributed by atoms with Gasteiger partial charge < -0.3 is 5.73 Å². The summed E-state index contributed by atoms with van der Waals surface area (Å²) in [4.78, 5) is 5.28. The Kier molecular flexibility index (Phi) is 5.72. The van der Waals surface area contributed by atoms with Gasteiger partial charge in [-0.2, -0.15) is 0 Å². The van der Waals surface area contributed by atoms with Crippen LogP contribution in [-0.4, -0.2) is 54.1 Å². The van der Waals surface area contributed by atoms with E-state index in [2.05, 4.69) is 44.5 Å². The van der Waals surface area contributed by atoms with E-state index in [0.717, 1.165) is 18.4 Å². The Morgan fingerprint density at radius 3 is 2.24 bits per heavy atom. The monoisotopic (exact) mass is 295 g/mol. The summed E-state index contributed by atoms with van der Waals surface area (Å²) >= 11 is 0. The van der Waals surface area contributed by atoms with Crippen LogP contribution in [0.5, 0.6) is 0 Å². The van der Waals surface area contributed by atoms with Crippen molar-refractivity contribution in [1.82, 2.24) is 9.80 Å². The number of hydrogen-bond donors (Lipinski definition) is 1. The number of rotatable bonds is 3. The first-order chi connectivity index (χ1) is 9.89. The molecule has 4 atom stereocenters. The SMILES string of the molecule is CC(C)C1CCCC(CN)(N2CC(C)N(C)C(C)C2)CC1. The molecule has 2 fully saturated rings. The first-order valence-corrected chi connectivity index (χ1v) is 9.06. The molecule has 1 saturated carbocycles. The highest BCUT2D eigenvalue weighted by Gasteiger charge is 2.41. The molecule has 2 rings (SSSR count). The minimum atomic E-state index is 0.271. The molecule has 1 aliphatic heterocycles. The molecule has 0 spiro atoms. The van der Waals surface area contributed by atoms with Gasteiger partial charge in [-0.3, -0.25) is 9.80 Å². The predicted molar refractivity (Wildman–Crippen MR) is 91.5 cm³/mol. The summed E-state index contributed by atoms with van der Waals surface area (Å²) in [7, 11) is 2.27. The molecule has 0 radical (unpaired) electrons. The van der Waals surface area contributed by atoms with Crippen LogP contribution in [0.25, 0.3) is 0 Å². The van der Waals surface area contributed by atoms with E-state index in [9.17, 15) is 0 Å². The minimum absolute atomic E-state index is 0.271. The lowest BCUT2D eigenvalue weighted by atomic mass is 9.84. The fourth-order valence-electron chi connectivity index (χ4n) is 4.52. The third-order valence-corrected chi connectivity index (χ3v) is 6.55. The zero-order chi connectivity index (χ0) is 15.6. The maximum absolute atomic E-state index is 6.33. The van der Waals surface area contributed by atoms with Crippen molar-refractivity contribution in [2.24, 2.45) is 17.6 Å². The maximum atomic E-state index is 6.33. The third-order valence-electron chi connectivity index (χ3n) is 6.55. The van der Waals surface area contributed by atoms with Crippen molar-refractivity contribution >= 4 is 0 Å². The van der Waals surface area contributed by atoms with E-state index in [0.29, 0.717) is 12.1 Å². The molecule has 0 aromatic rings. The largest absolute Gasteiger partial charge is 0.329 e. The average Bonchev–Trinajstić information content (AvgIpc) is 2.67. The molecule has 2 aliphatic rings. The Bertz CT molecular complexity index is 318. The van der Waals surface area contributed by atoms with Gasteiger partial charge in [-0.15, -0.1) is 0 Å². The van der Waals surface area contributed by atoms with Gasteiger partial charge in [0.2, 0.25) is 0 Å². The van der Waals surface area contributed by atoms with Gasteiger partial charge in [0, 0.05) is 37.3 Å². The van der Waals surface area contributed by atoms with E-state index < -0.39 is 0 Å². The van der Waals surface area contributed by atoms with Gasteiger partial charge in [0.05, 0.1) is 0 Å². The molecule has 21 heavy (non-hydrogen) atoms. The summed E-state index contributed by atoms with van der Waals surface area (Å²) in [6.45, 7) is 12.7. The molecule has 0 bridgehead atoms. The predicted octanol–water partition coefficient (Wildman–Crippen LogP) is 2.94. The van der Waals surface area contributed by atoms with Crippen LogP contribution in [0.15, 0.2) is 0 Å². The summed E-state index contributed by atoms with van der Waals surface area (Å²) in [5, 5.41) is 0. The smallest absolute Gasteiger partial charge is 0.0333 e. The van der Waals surface area contributed by atoms with Crippen LogP contribution < -0.4 is 5.73 Å². The molecule has 1 saturated heterocycles. The van der Waals surface area contributed by atoms with Crippen LogP contribution in [0.3, 0.4) is 0 Å². The maximum Gasteiger partial charge on any atom is 0.0333 e. The molecular weight excluding hydrogens is 258 g/mol. The highest BCUT2D eigenvalue weighted by Crippen LogP contribution is 2.38. The topological polar surface area (TPSA) is 32.5 Å². The minimum Gasteiger partial charge on any atom is -0.329 e. The molecule has 124 valence electrons. The van der Waals surface area contributed by atoms with Crippen molar-refractivity contribution in [1.29, 1.82) is 0 Å². The summed E-state index contributed by atoms with van der Waals surface area (Å²) < 4.78 is 0. The molecule has 0 amide bonds. The fourth-order valence-corrected chi connectivity index (χ4v) is 4.52. The van der Waals surface area contributed by atoms with Gasteiger partial charge in [-0.1, -0.05) is 26.7 Å². The molecule has 2 N–H and O–H groups in total. The molecule has 0 aromatic carbocycles. The lowest BCUT2D eigenvalue weighted by molar-refractivity contribution is -0.0173. The Morgan fingerprint density at radius 1 is 1.10 bits per heavy atom. The second-order valence-electron chi connectivity index (χ2n) is 8.13. The molecule has 1 heterocycles. The quantitative estimate of drug-likeness (QED) is 0.813. The molecule has 3 heteroatoms. The Hall–Kier alpha value is -0.120. The van der Waals surface area contributed by atoms with E-state index in [4.69, 9.17) is 5.73 Å².